The number of thioether (sulfide) groups is 1. The summed E-state index contributed by atoms with van der Waals surface area (Å²) in [5.74, 6) is 0.533. The van der Waals surface area contributed by atoms with E-state index >= 15 is 0 Å². The summed E-state index contributed by atoms with van der Waals surface area (Å²) < 4.78 is 1.89. The number of aromatic nitrogens is 4. The summed E-state index contributed by atoms with van der Waals surface area (Å²) in [5.41, 5.74) is 1.63. The number of anilines is 1. The van der Waals surface area contributed by atoms with Gasteiger partial charge in [0.25, 0.3) is 5.91 Å². The Balaban J connectivity index is 1.57. The number of rotatable bonds is 8. The molecule has 2 amide bonds. The van der Waals surface area contributed by atoms with E-state index in [-0.39, 0.29) is 24.1 Å². The molecule has 3 aromatic rings. The van der Waals surface area contributed by atoms with E-state index < -0.39 is 0 Å². The van der Waals surface area contributed by atoms with Gasteiger partial charge in [-0.25, -0.2) is 4.98 Å². The summed E-state index contributed by atoms with van der Waals surface area (Å²) >= 11 is 2.66. The van der Waals surface area contributed by atoms with Crippen molar-refractivity contribution in [3.8, 4) is 0 Å². The Hall–Kier alpha value is -2.72. The lowest BCUT2D eigenvalue weighted by atomic mass is 10.1. The molecule has 146 valence electrons. The SMILES string of the molecule is CCn1c(CNC(=O)c2cccc(C)c2)nnc1SCC(=O)Nc1nccs1. The average molecular weight is 417 g/mol. The molecule has 0 aliphatic rings. The first-order chi connectivity index (χ1) is 13.6. The first-order valence-electron chi connectivity index (χ1n) is 8.66. The minimum atomic E-state index is -0.161. The van der Waals surface area contributed by atoms with Crippen molar-refractivity contribution < 1.29 is 9.59 Å². The lowest BCUT2D eigenvalue weighted by Gasteiger charge is -2.09. The first kappa shape index (κ1) is 20.0. The number of nitrogens with one attached hydrogen (secondary N) is 2. The number of amides is 2. The summed E-state index contributed by atoms with van der Waals surface area (Å²) in [5, 5.41) is 16.9. The van der Waals surface area contributed by atoms with Crippen molar-refractivity contribution in [2.24, 2.45) is 0 Å². The maximum atomic E-state index is 12.3. The molecule has 0 aliphatic carbocycles. The van der Waals surface area contributed by atoms with Crippen molar-refractivity contribution in [1.29, 1.82) is 0 Å². The maximum Gasteiger partial charge on any atom is 0.251 e. The van der Waals surface area contributed by atoms with Gasteiger partial charge in [-0.2, -0.15) is 0 Å². The third-order valence-electron chi connectivity index (χ3n) is 3.81. The molecule has 0 spiro atoms. The van der Waals surface area contributed by atoms with Crippen LogP contribution in [0.25, 0.3) is 0 Å². The second-order valence-corrected chi connectivity index (χ2v) is 7.71. The van der Waals surface area contributed by atoms with Crippen LogP contribution in [0, 0.1) is 6.92 Å². The Morgan fingerprint density at radius 3 is 2.86 bits per heavy atom. The summed E-state index contributed by atoms with van der Waals surface area (Å²) in [4.78, 5) is 28.3. The van der Waals surface area contributed by atoms with Gasteiger partial charge < -0.3 is 15.2 Å². The number of benzene rings is 1. The lowest BCUT2D eigenvalue weighted by molar-refractivity contribution is -0.113. The zero-order valence-corrected chi connectivity index (χ0v) is 17.1. The van der Waals surface area contributed by atoms with E-state index in [0.717, 1.165) is 5.56 Å². The van der Waals surface area contributed by atoms with E-state index in [1.165, 1.54) is 23.1 Å². The van der Waals surface area contributed by atoms with E-state index in [9.17, 15) is 9.59 Å². The molecule has 0 saturated carbocycles. The molecule has 0 atom stereocenters. The highest BCUT2D eigenvalue weighted by Gasteiger charge is 2.15. The highest BCUT2D eigenvalue weighted by atomic mass is 32.2. The van der Waals surface area contributed by atoms with E-state index in [4.69, 9.17) is 0 Å². The lowest BCUT2D eigenvalue weighted by Crippen LogP contribution is -2.25. The highest BCUT2D eigenvalue weighted by molar-refractivity contribution is 7.99. The standard InChI is InChI=1S/C18H20N6O2S2/c1-3-24-14(10-20-16(26)13-6-4-5-12(2)9-13)22-23-18(24)28-11-15(25)21-17-19-7-8-27-17/h4-9H,3,10-11H2,1-2H3,(H,20,26)(H,19,21,25). The van der Waals surface area contributed by atoms with Crippen molar-refractivity contribution in [1.82, 2.24) is 25.1 Å². The Bertz CT molecular complexity index is 955. The fourth-order valence-corrected chi connectivity index (χ4v) is 3.86. The Morgan fingerprint density at radius 2 is 2.14 bits per heavy atom. The number of carbonyl (C=O) groups is 2. The van der Waals surface area contributed by atoms with Crippen LogP contribution in [0.2, 0.25) is 0 Å². The first-order valence-corrected chi connectivity index (χ1v) is 10.5. The fourth-order valence-electron chi connectivity index (χ4n) is 2.49. The van der Waals surface area contributed by atoms with Gasteiger partial charge in [0.05, 0.1) is 12.3 Å². The summed E-state index contributed by atoms with van der Waals surface area (Å²) in [6, 6.07) is 7.40. The van der Waals surface area contributed by atoms with Crippen LogP contribution in [0.3, 0.4) is 0 Å². The van der Waals surface area contributed by atoms with Crippen molar-refractivity contribution in [2.45, 2.75) is 32.1 Å². The van der Waals surface area contributed by atoms with Crippen molar-refractivity contribution in [3.05, 3.63) is 52.8 Å². The minimum absolute atomic E-state index is 0.153. The Labute approximate surface area is 170 Å². The molecule has 0 saturated heterocycles. The largest absolute Gasteiger partial charge is 0.345 e. The third-order valence-corrected chi connectivity index (χ3v) is 5.46. The van der Waals surface area contributed by atoms with Crippen molar-refractivity contribution in [2.75, 3.05) is 11.1 Å². The molecule has 0 bridgehead atoms. The molecule has 0 fully saturated rings. The quantitative estimate of drug-likeness (QED) is 0.548. The number of nitrogens with zero attached hydrogens (tertiary/aromatic N) is 4. The number of hydrogen-bond donors (Lipinski definition) is 2. The molecule has 2 aromatic heterocycles. The van der Waals surface area contributed by atoms with Gasteiger partial charge in [0.2, 0.25) is 5.91 Å². The van der Waals surface area contributed by atoms with Gasteiger partial charge in [-0.05, 0) is 26.0 Å². The highest BCUT2D eigenvalue weighted by Crippen LogP contribution is 2.18. The van der Waals surface area contributed by atoms with Crippen LogP contribution >= 0.6 is 23.1 Å². The second-order valence-electron chi connectivity index (χ2n) is 5.87. The van der Waals surface area contributed by atoms with E-state index in [1.807, 2.05) is 36.6 Å². The predicted molar refractivity (Wildman–Crippen MR) is 110 cm³/mol. The maximum absolute atomic E-state index is 12.3. The molecule has 2 N–H and O–H groups in total. The van der Waals surface area contributed by atoms with Crippen molar-refractivity contribution >= 4 is 40.0 Å². The molecule has 2 heterocycles. The van der Waals surface area contributed by atoms with Gasteiger partial charge in [0.1, 0.15) is 0 Å². The van der Waals surface area contributed by atoms with Gasteiger partial charge in [-0.15, -0.1) is 21.5 Å². The Kier molecular flexibility index (Phi) is 6.77. The van der Waals surface area contributed by atoms with Gasteiger partial charge in [-0.3, -0.25) is 9.59 Å². The Morgan fingerprint density at radius 1 is 1.29 bits per heavy atom. The number of carbonyl (C=O) groups excluding carboxylic acids is 2. The van der Waals surface area contributed by atoms with Crippen LogP contribution < -0.4 is 10.6 Å². The van der Waals surface area contributed by atoms with Crippen LogP contribution in [-0.4, -0.2) is 37.3 Å². The molecule has 0 unspecified atom stereocenters. The third kappa shape index (κ3) is 5.17. The van der Waals surface area contributed by atoms with Gasteiger partial charge in [0.15, 0.2) is 16.1 Å². The monoisotopic (exact) mass is 416 g/mol. The van der Waals surface area contributed by atoms with Crippen LogP contribution in [0.5, 0.6) is 0 Å². The van der Waals surface area contributed by atoms with Gasteiger partial charge in [-0.1, -0.05) is 29.5 Å². The normalized spacial score (nSPS) is 10.6. The molecular weight excluding hydrogens is 396 g/mol. The van der Waals surface area contributed by atoms with Gasteiger partial charge in [0, 0.05) is 23.7 Å². The molecule has 28 heavy (non-hydrogen) atoms. The van der Waals surface area contributed by atoms with Gasteiger partial charge >= 0.3 is 0 Å². The number of hydrogen-bond acceptors (Lipinski definition) is 7. The number of aryl methyl sites for hydroxylation is 1. The minimum Gasteiger partial charge on any atom is -0.345 e. The zero-order chi connectivity index (χ0) is 19.9. The van der Waals surface area contributed by atoms with Crippen molar-refractivity contribution in [3.63, 3.8) is 0 Å². The summed E-state index contributed by atoms with van der Waals surface area (Å²) in [7, 11) is 0. The van der Waals surface area contributed by atoms with E-state index in [0.29, 0.717) is 28.2 Å². The second kappa shape index (κ2) is 9.47. The molecule has 0 aliphatic heterocycles. The molecule has 1 aromatic carbocycles. The summed E-state index contributed by atoms with van der Waals surface area (Å²) in [6.45, 7) is 4.81. The molecule has 10 heteroatoms. The van der Waals surface area contributed by atoms with Crippen LogP contribution in [-0.2, 0) is 17.9 Å². The van der Waals surface area contributed by atoms with E-state index in [1.54, 1.807) is 17.6 Å². The molecule has 8 nitrogen and oxygen atoms in total. The zero-order valence-electron chi connectivity index (χ0n) is 15.5. The summed E-state index contributed by atoms with van der Waals surface area (Å²) in [6.07, 6.45) is 1.64. The molecule has 0 radical (unpaired) electrons. The molecular formula is C18H20N6O2S2. The average Bonchev–Trinajstić information content (AvgIpc) is 3.33. The van der Waals surface area contributed by atoms with E-state index in [2.05, 4.69) is 25.8 Å². The fraction of sp³-hybridized carbons (Fsp3) is 0.278. The topological polar surface area (TPSA) is 102 Å². The van der Waals surface area contributed by atoms with Crippen LogP contribution in [0.15, 0.2) is 41.0 Å². The predicted octanol–water partition coefficient (Wildman–Crippen LogP) is 2.72. The number of thiazole rings is 1. The molecule has 3 rings (SSSR count). The smallest absolute Gasteiger partial charge is 0.251 e. The van der Waals surface area contributed by atoms with Crippen LogP contribution in [0.4, 0.5) is 5.13 Å². The van der Waals surface area contributed by atoms with Crippen LogP contribution in [0.1, 0.15) is 28.7 Å².